The summed E-state index contributed by atoms with van der Waals surface area (Å²) in [4.78, 5) is 11.4. The molecule has 0 aliphatic carbocycles. The normalized spacial score (nSPS) is 20.9. The predicted molar refractivity (Wildman–Crippen MR) is 52.1 cm³/mol. The van der Waals surface area contributed by atoms with Gasteiger partial charge < -0.3 is 5.73 Å². The van der Waals surface area contributed by atoms with Crippen LogP contribution in [0.2, 0.25) is 0 Å². The molecule has 1 unspecified atom stereocenters. The quantitative estimate of drug-likeness (QED) is 0.591. The molecule has 3 N–H and O–H groups in total. The Morgan fingerprint density at radius 3 is 3.00 bits per heavy atom. The van der Waals surface area contributed by atoms with Gasteiger partial charge in [-0.3, -0.25) is 10.0 Å². The zero-order valence-corrected chi connectivity index (χ0v) is 7.90. The third-order valence-electron chi connectivity index (χ3n) is 2.43. The smallest absolute Gasteiger partial charge is 0.267 e. The maximum absolute atomic E-state index is 11.4. The molecule has 0 bridgehead atoms. The number of aryl methyl sites for hydroxylation is 1. The predicted octanol–water partition coefficient (Wildman–Crippen LogP) is 0.601. The highest BCUT2D eigenvalue weighted by atomic mass is 16.5. The first-order valence-electron chi connectivity index (χ1n) is 4.47. The number of carbonyl (C=O) groups is 1. The molecule has 0 spiro atoms. The molecule has 0 fully saturated rings. The molecular weight excluding hydrogens is 180 g/mol. The summed E-state index contributed by atoms with van der Waals surface area (Å²) in [5, 5.41) is 10.2. The Morgan fingerprint density at radius 1 is 1.57 bits per heavy atom. The zero-order chi connectivity index (χ0) is 10.3. The van der Waals surface area contributed by atoms with Crippen molar-refractivity contribution < 1.29 is 10.0 Å². The van der Waals surface area contributed by atoms with Crippen molar-refractivity contribution in [1.29, 1.82) is 0 Å². The van der Waals surface area contributed by atoms with Crippen LogP contribution in [0, 0.1) is 6.92 Å². The van der Waals surface area contributed by atoms with Crippen LogP contribution in [0.25, 0.3) is 0 Å². The molecule has 14 heavy (non-hydrogen) atoms. The van der Waals surface area contributed by atoms with Gasteiger partial charge in [0.2, 0.25) is 0 Å². The van der Waals surface area contributed by atoms with E-state index >= 15 is 0 Å². The summed E-state index contributed by atoms with van der Waals surface area (Å²) in [6, 6.07) is 4.98. The number of hydroxylamine groups is 1. The molecule has 1 aliphatic rings. The molecule has 4 heteroatoms. The van der Waals surface area contributed by atoms with Gasteiger partial charge in [-0.15, -0.1) is 0 Å². The van der Waals surface area contributed by atoms with E-state index in [2.05, 4.69) is 0 Å². The van der Waals surface area contributed by atoms with Crippen molar-refractivity contribution in [2.75, 3.05) is 5.06 Å². The topological polar surface area (TPSA) is 66.6 Å². The number of anilines is 1. The highest BCUT2D eigenvalue weighted by Crippen LogP contribution is 2.26. The molecular formula is C10H12N2O2. The minimum atomic E-state index is -0.629. The molecule has 0 aromatic heterocycles. The van der Waals surface area contributed by atoms with Crippen LogP contribution in [0.4, 0.5) is 5.69 Å². The second-order valence-electron chi connectivity index (χ2n) is 3.59. The minimum absolute atomic E-state index is 0.442. The number of carbonyl (C=O) groups excluding carboxylic acids is 1. The fraction of sp³-hybridized carbons (Fsp3) is 0.300. The molecule has 74 valence electrons. The SMILES string of the molecule is Cc1ccc2c(c1)N(O)C(=O)C(N)C2. The Hall–Kier alpha value is -1.39. The lowest BCUT2D eigenvalue weighted by Gasteiger charge is -2.27. The van der Waals surface area contributed by atoms with Gasteiger partial charge in [-0.2, -0.15) is 5.06 Å². The average molecular weight is 192 g/mol. The molecule has 1 heterocycles. The molecule has 1 atom stereocenters. The van der Waals surface area contributed by atoms with Crippen LogP contribution in [-0.4, -0.2) is 17.2 Å². The van der Waals surface area contributed by atoms with Gasteiger partial charge in [0.15, 0.2) is 0 Å². The van der Waals surface area contributed by atoms with Crippen molar-refractivity contribution in [1.82, 2.24) is 0 Å². The lowest BCUT2D eigenvalue weighted by Crippen LogP contribution is -2.47. The fourth-order valence-electron chi connectivity index (χ4n) is 1.64. The molecule has 1 aliphatic heterocycles. The van der Waals surface area contributed by atoms with Gasteiger partial charge in [-0.25, -0.2) is 0 Å². The van der Waals surface area contributed by atoms with Crippen molar-refractivity contribution in [2.45, 2.75) is 19.4 Å². The van der Waals surface area contributed by atoms with Crippen LogP contribution in [-0.2, 0) is 11.2 Å². The van der Waals surface area contributed by atoms with Crippen LogP contribution in [0.1, 0.15) is 11.1 Å². The van der Waals surface area contributed by atoms with E-state index in [1.807, 2.05) is 19.1 Å². The van der Waals surface area contributed by atoms with Crippen molar-refractivity contribution in [3.63, 3.8) is 0 Å². The summed E-state index contributed by atoms with van der Waals surface area (Å²) < 4.78 is 0. The maximum Gasteiger partial charge on any atom is 0.267 e. The summed E-state index contributed by atoms with van der Waals surface area (Å²) in [6.45, 7) is 1.91. The Morgan fingerprint density at radius 2 is 2.29 bits per heavy atom. The number of rotatable bonds is 0. The van der Waals surface area contributed by atoms with E-state index in [9.17, 15) is 10.0 Å². The number of nitrogens with zero attached hydrogens (tertiary/aromatic N) is 1. The largest absolute Gasteiger partial charge is 0.320 e. The van der Waals surface area contributed by atoms with Crippen LogP contribution in [0.5, 0.6) is 0 Å². The zero-order valence-electron chi connectivity index (χ0n) is 7.90. The third-order valence-corrected chi connectivity index (χ3v) is 2.43. The molecule has 1 aromatic rings. The summed E-state index contributed by atoms with van der Waals surface area (Å²) in [5.74, 6) is -0.442. The van der Waals surface area contributed by atoms with Crippen molar-refractivity contribution in [2.24, 2.45) is 5.73 Å². The van der Waals surface area contributed by atoms with Crippen molar-refractivity contribution >= 4 is 11.6 Å². The van der Waals surface area contributed by atoms with E-state index in [0.29, 0.717) is 17.2 Å². The monoisotopic (exact) mass is 192 g/mol. The van der Waals surface area contributed by atoms with Gasteiger partial charge in [-0.05, 0) is 30.5 Å². The first kappa shape index (κ1) is 9.18. The number of fused-ring (bicyclic) bond motifs is 1. The van der Waals surface area contributed by atoms with E-state index in [0.717, 1.165) is 11.1 Å². The van der Waals surface area contributed by atoms with Crippen LogP contribution in [0.3, 0.4) is 0 Å². The number of amides is 1. The van der Waals surface area contributed by atoms with Gasteiger partial charge in [0.25, 0.3) is 5.91 Å². The lowest BCUT2D eigenvalue weighted by atomic mass is 9.98. The van der Waals surface area contributed by atoms with Crippen LogP contribution >= 0.6 is 0 Å². The first-order valence-corrected chi connectivity index (χ1v) is 4.47. The first-order chi connectivity index (χ1) is 6.59. The second kappa shape index (κ2) is 3.08. The van der Waals surface area contributed by atoms with Crippen LogP contribution < -0.4 is 10.8 Å². The van der Waals surface area contributed by atoms with Gasteiger partial charge in [0.05, 0.1) is 11.7 Å². The van der Waals surface area contributed by atoms with Gasteiger partial charge in [0, 0.05) is 0 Å². The van der Waals surface area contributed by atoms with Crippen molar-refractivity contribution in [3.8, 4) is 0 Å². The molecule has 1 amide bonds. The second-order valence-corrected chi connectivity index (χ2v) is 3.59. The molecule has 0 radical (unpaired) electrons. The number of benzene rings is 1. The van der Waals surface area contributed by atoms with Gasteiger partial charge >= 0.3 is 0 Å². The highest BCUT2D eigenvalue weighted by molar-refractivity contribution is 5.98. The Balaban J connectivity index is 2.51. The van der Waals surface area contributed by atoms with Gasteiger partial charge in [0.1, 0.15) is 0 Å². The van der Waals surface area contributed by atoms with E-state index < -0.39 is 11.9 Å². The number of hydrogen-bond donors (Lipinski definition) is 2. The number of nitrogens with two attached hydrogens (primary N) is 1. The molecule has 2 rings (SSSR count). The van der Waals surface area contributed by atoms with E-state index in [1.165, 1.54) is 0 Å². The third kappa shape index (κ3) is 1.29. The fourth-order valence-corrected chi connectivity index (χ4v) is 1.64. The maximum atomic E-state index is 11.4. The summed E-state index contributed by atoms with van der Waals surface area (Å²) in [6.07, 6.45) is 0.492. The summed E-state index contributed by atoms with van der Waals surface area (Å²) >= 11 is 0. The number of hydrogen-bond acceptors (Lipinski definition) is 3. The van der Waals surface area contributed by atoms with Crippen LogP contribution in [0.15, 0.2) is 18.2 Å². The lowest BCUT2D eigenvalue weighted by molar-refractivity contribution is -0.125. The Bertz CT molecular complexity index is 390. The Kier molecular flexibility index (Phi) is 2.02. The molecule has 0 saturated carbocycles. The van der Waals surface area contributed by atoms with E-state index in [1.54, 1.807) is 6.07 Å². The summed E-state index contributed by atoms with van der Waals surface area (Å²) in [5.41, 5.74) is 8.04. The van der Waals surface area contributed by atoms with Crippen molar-refractivity contribution in [3.05, 3.63) is 29.3 Å². The summed E-state index contributed by atoms with van der Waals surface area (Å²) in [7, 11) is 0. The molecule has 1 aromatic carbocycles. The molecule has 0 saturated heterocycles. The molecule has 4 nitrogen and oxygen atoms in total. The Labute approximate surface area is 81.9 Å². The minimum Gasteiger partial charge on any atom is -0.320 e. The van der Waals surface area contributed by atoms with E-state index in [4.69, 9.17) is 5.73 Å². The van der Waals surface area contributed by atoms with Gasteiger partial charge in [-0.1, -0.05) is 12.1 Å². The standard InChI is InChI=1S/C10H12N2O2/c1-6-2-3-7-5-8(11)10(13)12(14)9(7)4-6/h2-4,8,14H,5,11H2,1H3. The average Bonchev–Trinajstić information content (AvgIpc) is 2.16. The highest BCUT2D eigenvalue weighted by Gasteiger charge is 2.29. The van der Waals surface area contributed by atoms with E-state index in [-0.39, 0.29) is 0 Å².